The van der Waals surface area contributed by atoms with E-state index in [1.807, 2.05) is 4.90 Å². The van der Waals surface area contributed by atoms with E-state index in [4.69, 9.17) is 17.5 Å². The van der Waals surface area contributed by atoms with Crippen molar-refractivity contribution in [2.45, 2.75) is 12.8 Å². The highest BCUT2D eigenvalue weighted by atomic mass is 35.5. The van der Waals surface area contributed by atoms with E-state index in [0.29, 0.717) is 5.96 Å². The minimum absolute atomic E-state index is 0.453. The Balaban J connectivity index is 2.42. The van der Waals surface area contributed by atoms with Gasteiger partial charge in [0.1, 0.15) is 0 Å². The molecule has 3 nitrogen and oxygen atoms in total. The number of rotatable bonds is 0. The maximum absolute atomic E-state index is 5.42. The molecule has 0 aliphatic carbocycles. The fourth-order valence-electron chi connectivity index (χ4n) is 1.000. The van der Waals surface area contributed by atoms with Crippen molar-refractivity contribution < 1.29 is 0 Å². The summed E-state index contributed by atoms with van der Waals surface area (Å²) in [6.45, 7) is 2.00. The second-order valence-electron chi connectivity index (χ2n) is 2.14. The van der Waals surface area contributed by atoms with E-state index in [-0.39, 0.29) is 0 Å². The summed E-state index contributed by atoms with van der Waals surface area (Å²) in [7, 11) is 0. The van der Waals surface area contributed by atoms with Gasteiger partial charge in [-0.25, -0.2) is 0 Å². The lowest BCUT2D eigenvalue weighted by molar-refractivity contribution is 0.515. The Morgan fingerprint density at radius 3 is 2.44 bits per heavy atom. The summed E-state index contributed by atoms with van der Waals surface area (Å²) in [5.41, 5.74) is 5.42. The molecule has 0 spiro atoms. The van der Waals surface area contributed by atoms with Crippen LogP contribution in [0, 0.1) is 0 Å². The predicted molar refractivity (Wildman–Crippen MR) is 38.3 cm³/mol. The summed E-state index contributed by atoms with van der Waals surface area (Å²) in [4.78, 5) is 1.98. The van der Waals surface area contributed by atoms with Gasteiger partial charge in [-0.2, -0.15) is 0 Å². The highest BCUT2D eigenvalue weighted by molar-refractivity contribution is 6.19. The van der Waals surface area contributed by atoms with E-state index in [9.17, 15) is 0 Å². The third-order valence-corrected chi connectivity index (χ3v) is 1.69. The van der Waals surface area contributed by atoms with Crippen LogP contribution in [0.2, 0.25) is 0 Å². The van der Waals surface area contributed by atoms with Gasteiger partial charge in [-0.3, -0.25) is 0 Å². The smallest absolute Gasteiger partial charge is 0.208 e. The lowest BCUT2D eigenvalue weighted by Gasteiger charge is -2.13. The molecular weight excluding hydrogens is 138 g/mol. The fraction of sp³-hybridized carbons (Fsp3) is 0.800. The highest BCUT2D eigenvalue weighted by Gasteiger charge is 2.12. The lowest BCUT2D eigenvalue weighted by Crippen LogP contribution is -2.34. The predicted octanol–water partition coefficient (Wildman–Crippen LogP) is 0.551. The molecule has 0 saturated carbocycles. The average Bonchev–Trinajstić information content (AvgIpc) is 2.37. The molecule has 0 bridgehead atoms. The number of nitrogens with zero attached hydrogens (tertiary/aromatic N) is 2. The highest BCUT2D eigenvalue weighted by Crippen LogP contribution is 2.06. The van der Waals surface area contributed by atoms with Crippen molar-refractivity contribution >= 4 is 17.7 Å². The van der Waals surface area contributed by atoms with Crippen LogP contribution in [-0.2, 0) is 0 Å². The van der Waals surface area contributed by atoms with Gasteiger partial charge in [-0.05, 0) is 12.8 Å². The van der Waals surface area contributed by atoms with E-state index >= 15 is 0 Å². The van der Waals surface area contributed by atoms with E-state index in [1.54, 1.807) is 0 Å². The van der Waals surface area contributed by atoms with Gasteiger partial charge < -0.3 is 10.6 Å². The molecule has 2 N–H and O–H groups in total. The fourth-order valence-corrected chi connectivity index (χ4v) is 1.11. The molecule has 0 aromatic rings. The molecule has 0 atom stereocenters. The van der Waals surface area contributed by atoms with Gasteiger partial charge in [-0.1, -0.05) is 0 Å². The molecule has 1 heterocycles. The maximum Gasteiger partial charge on any atom is 0.208 e. The van der Waals surface area contributed by atoms with Crippen LogP contribution in [0.1, 0.15) is 12.8 Å². The average molecular weight is 148 g/mol. The van der Waals surface area contributed by atoms with Crippen LogP contribution in [0.15, 0.2) is 4.51 Å². The Hall–Kier alpha value is -0.440. The zero-order valence-electron chi connectivity index (χ0n) is 5.18. The van der Waals surface area contributed by atoms with Crippen LogP contribution in [0.3, 0.4) is 0 Å². The Morgan fingerprint density at radius 1 is 1.44 bits per heavy atom. The van der Waals surface area contributed by atoms with Gasteiger partial charge in [-0.15, -0.1) is 4.51 Å². The molecule has 0 amide bonds. The first-order valence-corrected chi connectivity index (χ1v) is 3.38. The van der Waals surface area contributed by atoms with E-state index in [0.717, 1.165) is 13.1 Å². The Bertz CT molecular complexity index is 117. The van der Waals surface area contributed by atoms with Crippen molar-refractivity contribution in [3.63, 3.8) is 0 Å². The van der Waals surface area contributed by atoms with Gasteiger partial charge in [0.15, 0.2) is 0 Å². The van der Waals surface area contributed by atoms with Crippen LogP contribution in [0.5, 0.6) is 0 Å². The normalized spacial score (nSPS) is 21.0. The van der Waals surface area contributed by atoms with E-state index in [2.05, 4.69) is 4.51 Å². The number of halogens is 1. The molecule has 4 heteroatoms. The summed E-state index contributed by atoms with van der Waals surface area (Å²) in [5, 5.41) is 0. The maximum atomic E-state index is 5.42. The summed E-state index contributed by atoms with van der Waals surface area (Å²) in [5.74, 6) is 0.453. The summed E-state index contributed by atoms with van der Waals surface area (Å²) in [6, 6.07) is 0. The van der Waals surface area contributed by atoms with Gasteiger partial charge >= 0.3 is 0 Å². The van der Waals surface area contributed by atoms with E-state index < -0.39 is 0 Å². The molecule has 0 radical (unpaired) electrons. The van der Waals surface area contributed by atoms with Crippen molar-refractivity contribution in [2.24, 2.45) is 10.2 Å². The molecule has 1 saturated heterocycles. The minimum atomic E-state index is 0.453. The third kappa shape index (κ3) is 1.48. The van der Waals surface area contributed by atoms with Gasteiger partial charge in [0.25, 0.3) is 0 Å². The molecule has 1 fully saturated rings. The molecule has 1 aliphatic rings. The van der Waals surface area contributed by atoms with Crippen LogP contribution >= 0.6 is 11.8 Å². The molecule has 0 unspecified atom stereocenters. The second kappa shape index (κ2) is 2.92. The summed E-state index contributed by atoms with van der Waals surface area (Å²) < 4.78 is 3.36. The molecule has 0 aromatic carbocycles. The topological polar surface area (TPSA) is 41.6 Å². The molecule has 52 valence electrons. The van der Waals surface area contributed by atoms with E-state index in [1.165, 1.54) is 12.8 Å². The van der Waals surface area contributed by atoms with Crippen molar-refractivity contribution in [2.75, 3.05) is 13.1 Å². The van der Waals surface area contributed by atoms with Crippen LogP contribution in [-0.4, -0.2) is 23.9 Å². The Kier molecular flexibility index (Phi) is 2.16. The van der Waals surface area contributed by atoms with Crippen molar-refractivity contribution in [3.8, 4) is 0 Å². The first-order chi connectivity index (χ1) is 4.34. The lowest BCUT2D eigenvalue weighted by atomic mass is 10.4. The van der Waals surface area contributed by atoms with Gasteiger partial charge in [0.2, 0.25) is 5.96 Å². The molecular formula is C5H10ClN3. The van der Waals surface area contributed by atoms with Crippen molar-refractivity contribution in [1.29, 1.82) is 0 Å². The zero-order valence-corrected chi connectivity index (χ0v) is 5.93. The molecule has 0 aromatic heterocycles. The number of hydrogen-bond donors (Lipinski definition) is 1. The largest absolute Gasteiger partial charge is 0.369 e. The molecule has 1 rings (SSSR count). The number of nitrogens with two attached hydrogens (primary N) is 1. The van der Waals surface area contributed by atoms with Gasteiger partial charge in [0, 0.05) is 24.9 Å². The van der Waals surface area contributed by atoms with Crippen molar-refractivity contribution in [1.82, 2.24) is 4.90 Å². The minimum Gasteiger partial charge on any atom is -0.369 e. The second-order valence-corrected chi connectivity index (χ2v) is 2.31. The zero-order chi connectivity index (χ0) is 6.69. The monoisotopic (exact) mass is 147 g/mol. The number of likely N-dealkylation sites (tertiary alicyclic amines) is 1. The molecule has 9 heavy (non-hydrogen) atoms. The van der Waals surface area contributed by atoms with Crippen molar-refractivity contribution in [3.05, 3.63) is 0 Å². The Morgan fingerprint density at radius 2 is 2.00 bits per heavy atom. The number of hydrogen-bond acceptors (Lipinski definition) is 1. The number of guanidine groups is 1. The van der Waals surface area contributed by atoms with Crippen LogP contribution < -0.4 is 5.73 Å². The van der Waals surface area contributed by atoms with Crippen LogP contribution in [0.25, 0.3) is 0 Å². The van der Waals surface area contributed by atoms with Gasteiger partial charge in [0.05, 0.1) is 0 Å². The summed E-state index contributed by atoms with van der Waals surface area (Å²) in [6.07, 6.45) is 2.40. The first kappa shape index (κ1) is 6.68. The Labute approximate surface area is 59.6 Å². The quantitative estimate of drug-likeness (QED) is 0.402. The van der Waals surface area contributed by atoms with Crippen LogP contribution in [0.4, 0.5) is 0 Å². The standard InChI is InChI=1S/C5H10ClN3/c6-8-5(7)9-3-1-2-4-9/h1-4H2,(H2,7,8). The third-order valence-electron chi connectivity index (χ3n) is 1.52. The summed E-state index contributed by atoms with van der Waals surface area (Å²) >= 11 is 5.15. The molecule has 1 aliphatic heterocycles. The first-order valence-electron chi connectivity index (χ1n) is 3.04. The SMILES string of the molecule is NC(=NCl)N1CCCC1.